The van der Waals surface area contributed by atoms with Gasteiger partial charge in [0.15, 0.2) is 17.3 Å². The summed E-state index contributed by atoms with van der Waals surface area (Å²) < 4.78 is 12.3. The van der Waals surface area contributed by atoms with E-state index in [1.54, 1.807) is 29.1 Å². The van der Waals surface area contributed by atoms with Gasteiger partial charge in [0, 0.05) is 30.2 Å². The second-order valence-electron chi connectivity index (χ2n) is 6.24. The van der Waals surface area contributed by atoms with Crippen molar-refractivity contribution in [1.29, 1.82) is 0 Å². The van der Waals surface area contributed by atoms with Crippen LogP contribution in [0.1, 0.15) is 17.0 Å². The Hall–Kier alpha value is -3.55. The second-order valence-corrected chi connectivity index (χ2v) is 6.24. The van der Waals surface area contributed by atoms with Crippen molar-refractivity contribution in [2.75, 3.05) is 12.1 Å². The Balaban J connectivity index is 1.34. The van der Waals surface area contributed by atoms with Crippen LogP contribution < -0.4 is 20.1 Å². The summed E-state index contributed by atoms with van der Waals surface area (Å²) in [5.74, 6) is 2.04. The van der Waals surface area contributed by atoms with E-state index in [4.69, 9.17) is 9.47 Å². The molecule has 0 spiro atoms. The molecule has 8 heteroatoms. The smallest absolute Gasteiger partial charge is 0.319 e. The molecule has 2 aromatic heterocycles. The van der Waals surface area contributed by atoms with E-state index in [0.29, 0.717) is 23.7 Å². The molecule has 27 heavy (non-hydrogen) atoms. The van der Waals surface area contributed by atoms with E-state index in [0.717, 1.165) is 22.8 Å². The van der Waals surface area contributed by atoms with Crippen molar-refractivity contribution in [2.45, 2.75) is 20.4 Å². The van der Waals surface area contributed by atoms with Crippen LogP contribution in [0.5, 0.6) is 11.5 Å². The largest absolute Gasteiger partial charge is 0.454 e. The number of carbonyl (C=O) groups excluding carboxylic acids is 1. The van der Waals surface area contributed by atoms with Gasteiger partial charge < -0.3 is 20.1 Å². The normalized spacial score (nSPS) is 12.1. The summed E-state index contributed by atoms with van der Waals surface area (Å²) in [6, 6.07) is 10.7. The third-order valence-electron chi connectivity index (χ3n) is 4.12. The van der Waals surface area contributed by atoms with Crippen LogP contribution in [0.15, 0.2) is 42.6 Å². The average molecular weight is 365 g/mol. The number of carbonyl (C=O) groups is 1. The maximum atomic E-state index is 12.1. The van der Waals surface area contributed by atoms with E-state index in [1.165, 1.54) is 0 Å². The maximum Gasteiger partial charge on any atom is 0.319 e. The molecule has 2 amide bonds. The van der Waals surface area contributed by atoms with Gasteiger partial charge in [0.2, 0.25) is 6.79 Å². The Morgan fingerprint density at radius 2 is 2.00 bits per heavy atom. The number of ether oxygens (including phenoxy) is 2. The first-order valence-corrected chi connectivity index (χ1v) is 8.51. The van der Waals surface area contributed by atoms with Crippen molar-refractivity contribution in [3.05, 3.63) is 59.5 Å². The van der Waals surface area contributed by atoms with Crippen molar-refractivity contribution in [1.82, 2.24) is 20.1 Å². The molecule has 4 rings (SSSR count). The fourth-order valence-electron chi connectivity index (χ4n) is 2.84. The van der Waals surface area contributed by atoms with Gasteiger partial charge in [0.1, 0.15) is 0 Å². The van der Waals surface area contributed by atoms with E-state index in [1.807, 2.05) is 32.0 Å². The lowest BCUT2D eigenvalue weighted by Crippen LogP contribution is -2.28. The molecule has 0 saturated heterocycles. The van der Waals surface area contributed by atoms with Gasteiger partial charge >= 0.3 is 6.03 Å². The van der Waals surface area contributed by atoms with E-state index in [2.05, 4.69) is 20.7 Å². The minimum atomic E-state index is -0.309. The number of benzene rings is 1. The Morgan fingerprint density at radius 3 is 2.74 bits per heavy atom. The fraction of sp³-hybridized carbons (Fsp3) is 0.211. The first-order valence-electron chi connectivity index (χ1n) is 8.51. The summed E-state index contributed by atoms with van der Waals surface area (Å²) >= 11 is 0. The van der Waals surface area contributed by atoms with Crippen LogP contribution in [0, 0.1) is 13.8 Å². The number of aromatic nitrogens is 3. The van der Waals surface area contributed by atoms with Crippen molar-refractivity contribution in [2.24, 2.45) is 0 Å². The molecule has 8 nitrogen and oxygen atoms in total. The van der Waals surface area contributed by atoms with Crippen LogP contribution in [0.2, 0.25) is 0 Å². The molecule has 0 atom stereocenters. The number of fused-ring (bicyclic) bond motifs is 1. The molecule has 0 fully saturated rings. The number of hydrogen-bond acceptors (Lipinski definition) is 5. The molecular weight excluding hydrogens is 346 g/mol. The third kappa shape index (κ3) is 3.69. The Kier molecular flexibility index (Phi) is 4.37. The minimum Gasteiger partial charge on any atom is -0.454 e. The summed E-state index contributed by atoms with van der Waals surface area (Å²) in [5.41, 5.74) is 3.49. The Labute approximate surface area is 156 Å². The molecule has 3 aromatic rings. The number of pyridine rings is 1. The van der Waals surface area contributed by atoms with Gasteiger partial charge in [0.25, 0.3) is 0 Å². The molecular formula is C19H19N5O3. The first kappa shape index (κ1) is 16.9. The number of hydrogen-bond donors (Lipinski definition) is 2. The van der Waals surface area contributed by atoms with Gasteiger partial charge in [-0.25, -0.2) is 14.5 Å². The molecule has 1 aliphatic heterocycles. The number of amides is 2. The fourth-order valence-corrected chi connectivity index (χ4v) is 2.84. The standard InChI is InChI=1S/C19H19N5O3/c1-12-7-13(2)24(23-12)18-6-3-14(9-20-18)10-21-19(25)22-15-4-5-16-17(8-15)27-11-26-16/h3-9H,10-11H2,1-2H3,(H2,21,22,25). The predicted octanol–water partition coefficient (Wildman–Crippen LogP) is 2.93. The quantitative estimate of drug-likeness (QED) is 0.742. The summed E-state index contributed by atoms with van der Waals surface area (Å²) in [5, 5.41) is 9.99. The van der Waals surface area contributed by atoms with E-state index in [-0.39, 0.29) is 12.8 Å². The van der Waals surface area contributed by atoms with Crippen molar-refractivity contribution >= 4 is 11.7 Å². The zero-order valence-electron chi connectivity index (χ0n) is 15.0. The maximum absolute atomic E-state index is 12.1. The van der Waals surface area contributed by atoms with Gasteiger partial charge in [-0.3, -0.25) is 0 Å². The molecule has 138 valence electrons. The number of urea groups is 1. The third-order valence-corrected chi connectivity index (χ3v) is 4.12. The van der Waals surface area contributed by atoms with Crippen LogP contribution in [0.25, 0.3) is 5.82 Å². The lowest BCUT2D eigenvalue weighted by molar-refractivity contribution is 0.174. The highest BCUT2D eigenvalue weighted by Crippen LogP contribution is 2.34. The molecule has 0 aliphatic carbocycles. The number of aryl methyl sites for hydroxylation is 2. The van der Waals surface area contributed by atoms with Gasteiger partial charge in [0.05, 0.1) is 5.69 Å². The zero-order chi connectivity index (χ0) is 18.8. The molecule has 0 bridgehead atoms. The highest BCUT2D eigenvalue weighted by atomic mass is 16.7. The molecule has 0 unspecified atom stereocenters. The summed E-state index contributed by atoms with van der Waals surface area (Å²) in [6.45, 7) is 4.49. The first-order chi connectivity index (χ1) is 13.1. The van der Waals surface area contributed by atoms with E-state index >= 15 is 0 Å². The summed E-state index contributed by atoms with van der Waals surface area (Å²) in [6.07, 6.45) is 1.73. The van der Waals surface area contributed by atoms with Gasteiger partial charge in [-0.15, -0.1) is 0 Å². The van der Waals surface area contributed by atoms with E-state index < -0.39 is 0 Å². The monoisotopic (exact) mass is 365 g/mol. The van der Waals surface area contributed by atoms with Crippen LogP contribution in [-0.2, 0) is 6.54 Å². The predicted molar refractivity (Wildman–Crippen MR) is 99.3 cm³/mol. The second kappa shape index (κ2) is 6.99. The van der Waals surface area contributed by atoms with Crippen LogP contribution in [-0.4, -0.2) is 27.6 Å². The lowest BCUT2D eigenvalue weighted by atomic mass is 10.2. The van der Waals surface area contributed by atoms with Crippen molar-refractivity contribution in [3.63, 3.8) is 0 Å². The van der Waals surface area contributed by atoms with Crippen LogP contribution in [0.3, 0.4) is 0 Å². The van der Waals surface area contributed by atoms with Gasteiger partial charge in [-0.05, 0) is 43.7 Å². The van der Waals surface area contributed by atoms with Crippen molar-refractivity contribution in [3.8, 4) is 17.3 Å². The summed E-state index contributed by atoms with van der Waals surface area (Å²) in [7, 11) is 0. The molecule has 0 saturated carbocycles. The molecule has 1 aromatic carbocycles. The van der Waals surface area contributed by atoms with Crippen molar-refractivity contribution < 1.29 is 14.3 Å². The molecule has 3 heterocycles. The average Bonchev–Trinajstić information content (AvgIpc) is 3.25. The highest BCUT2D eigenvalue weighted by molar-refractivity contribution is 5.89. The van der Waals surface area contributed by atoms with Crippen LogP contribution >= 0.6 is 0 Å². The SMILES string of the molecule is Cc1cc(C)n(-c2ccc(CNC(=O)Nc3ccc4c(c3)OCO4)cn2)n1. The van der Waals surface area contributed by atoms with E-state index in [9.17, 15) is 4.79 Å². The number of rotatable bonds is 4. The minimum absolute atomic E-state index is 0.200. The highest BCUT2D eigenvalue weighted by Gasteiger charge is 2.14. The molecule has 1 aliphatic rings. The lowest BCUT2D eigenvalue weighted by Gasteiger charge is -2.09. The number of anilines is 1. The van der Waals surface area contributed by atoms with Gasteiger partial charge in [-0.1, -0.05) is 6.07 Å². The Bertz CT molecular complexity index is 982. The summed E-state index contributed by atoms with van der Waals surface area (Å²) in [4.78, 5) is 16.5. The zero-order valence-corrected chi connectivity index (χ0v) is 15.0. The van der Waals surface area contributed by atoms with Gasteiger partial charge in [-0.2, -0.15) is 5.10 Å². The molecule has 2 N–H and O–H groups in total. The number of nitrogens with zero attached hydrogens (tertiary/aromatic N) is 3. The Morgan fingerprint density at radius 1 is 1.15 bits per heavy atom. The number of nitrogens with one attached hydrogen (secondary N) is 2. The topological polar surface area (TPSA) is 90.3 Å². The molecule has 0 radical (unpaired) electrons. The van der Waals surface area contributed by atoms with Crippen LogP contribution in [0.4, 0.5) is 10.5 Å².